The van der Waals surface area contributed by atoms with Gasteiger partial charge in [0.15, 0.2) is 0 Å². The molecule has 0 heterocycles. The number of carbonyl (C=O) groups is 1. The fourth-order valence-corrected chi connectivity index (χ4v) is 1.51. The SMILES string of the molecule is CC(C)CC(CO)CC(=O)OC(C)(C)C. The van der Waals surface area contributed by atoms with Gasteiger partial charge in [-0.2, -0.15) is 0 Å². The minimum atomic E-state index is -0.436. The fraction of sp³-hybridized carbons (Fsp3) is 0.917. The first kappa shape index (κ1) is 14.4. The van der Waals surface area contributed by atoms with Gasteiger partial charge in [-0.25, -0.2) is 0 Å². The van der Waals surface area contributed by atoms with E-state index in [-0.39, 0.29) is 18.5 Å². The Balaban J connectivity index is 4.02. The summed E-state index contributed by atoms with van der Waals surface area (Å²) in [5, 5.41) is 9.11. The molecule has 0 aromatic carbocycles. The van der Waals surface area contributed by atoms with Gasteiger partial charge in [0.25, 0.3) is 0 Å². The van der Waals surface area contributed by atoms with Crippen molar-refractivity contribution < 1.29 is 14.6 Å². The van der Waals surface area contributed by atoms with Gasteiger partial charge in [0.05, 0.1) is 6.42 Å². The molecule has 0 spiro atoms. The molecule has 0 rings (SSSR count). The van der Waals surface area contributed by atoms with Gasteiger partial charge in [-0.15, -0.1) is 0 Å². The van der Waals surface area contributed by atoms with Crippen LogP contribution < -0.4 is 0 Å². The Kier molecular flexibility index (Phi) is 5.88. The standard InChI is InChI=1S/C12H24O3/c1-9(2)6-10(8-13)7-11(14)15-12(3,4)5/h9-10,13H,6-8H2,1-5H3. The average molecular weight is 216 g/mol. The zero-order chi connectivity index (χ0) is 12.1. The van der Waals surface area contributed by atoms with Gasteiger partial charge in [0, 0.05) is 6.61 Å². The molecule has 0 aliphatic rings. The van der Waals surface area contributed by atoms with Crippen LogP contribution in [0.1, 0.15) is 47.5 Å². The Morgan fingerprint density at radius 3 is 2.20 bits per heavy atom. The van der Waals surface area contributed by atoms with Crippen molar-refractivity contribution in [3.8, 4) is 0 Å². The van der Waals surface area contributed by atoms with Crippen LogP contribution in [0.5, 0.6) is 0 Å². The molecule has 0 amide bonds. The Morgan fingerprint density at radius 1 is 1.33 bits per heavy atom. The van der Waals surface area contributed by atoms with E-state index in [2.05, 4.69) is 13.8 Å². The highest BCUT2D eigenvalue weighted by atomic mass is 16.6. The summed E-state index contributed by atoms with van der Waals surface area (Å²) < 4.78 is 5.20. The maximum Gasteiger partial charge on any atom is 0.306 e. The minimum Gasteiger partial charge on any atom is -0.460 e. The molecule has 1 unspecified atom stereocenters. The summed E-state index contributed by atoms with van der Waals surface area (Å²) in [4.78, 5) is 11.5. The molecule has 1 atom stereocenters. The van der Waals surface area contributed by atoms with Crippen molar-refractivity contribution in [2.24, 2.45) is 11.8 Å². The fourth-order valence-electron chi connectivity index (χ4n) is 1.51. The Labute approximate surface area is 92.8 Å². The molecule has 0 fully saturated rings. The van der Waals surface area contributed by atoms with Crippen LogP contribution in [0.3, 0.4) is 0 Å². The zero-order valence-electron chi connectivity index (χ0n) is 10.5. The highest BCUT2D eigenvalue weighted by Gasteiger charge is 2.20. The van der Waals surface area contributed by atoms with Crippen LogP contribution in [-0.2, 0) is 9.53 Å². The van der Waals surface area contributed by atoms with Gasteiger partial charge in [-0.05, 0) is 39.0 Å². The van der Waals surface area contributed by atoms with Crippen LogP contribution in [-0.4, -0.2) is 23.3 Å². The number of hydrogen-bond acceptors (Lipinski definition) is 3. The zero-order valence-corrected chi connectivity index (χ0v) is 10.5. The third kappa shape index (κ3) is 8.43. The topological polar surface area (TPSA) is 46.5 Å². The largest absolute Gasteiger partial charge is 0.460 e. The monoisotopic (exact) mass is 216 g/mol. The molecule has 3 heteroatoms. The van der Waals surface area contributed by atoms with Crippen molar-refractivity contribution >= 4 is 5.97 Å². The first-order valence-electron chi connectivity index (χ1n) is 5.57. The van der Waals surface area contributed by atoms with Gasteiger partial charge in [0.1, 0.15) is 5.60 Å². The van der Waals surface area contributed by atoms with Crippen molar-refractivity contribution in [2.45, 2.75) is 53.1 Å². The number of hydrogen-bond donors (Lipinski definition) is 1. The molecule has 0 radical (unpaired) electrons. The molecule has 0 aliphatic heterocycles. The average Bonchev–Trinajstić information content (AvgIpc) is 1.98. The molecular weight excluding hydrogens is 192 g/mol. The second-order valence-corrected chi connectivity index (χ2v) is 5.47. The van der Waals surface area contributed by atoms with Gasteiger partial charge in [-0.1, -0.05) is 13.8 Å². The summed E-state index contributed by atoms with van der Waals surface area (Å²) in [6, 6.07) is 0. The number of esters is 1. The van der Waals surface area contributed by atoms with Crippen molar-refractivity contribution in [1.82, 2.24) is 0 Å². The van der Waals surface area contributed by atoms with Gasteiger partial charge in [0.2, 0.25) is 0 Å². The lowest BCUT2D eigenvalue weighted by atomic mass is 9.95. The van der Waals surface area contributed by atoms with Crippen molar-refractivity contribution in [2.75, 3.05) is 6.61 Å². The molecule has 0 saturated carbocycles. The lowest BCUT2D eigenvalue weighted by molar-refractivity contribution is -0.156. The van der Waals surface area contributed by atoms with E-state index < -0.39 is 5.60 Å². The number of ether oxygens (including phenoxy) is 1. The van der Waals surface area contributed by atoms with E-state index in [9.17, 15) is 4.79 Å². The van der Waals surface area contributed by atoms with Gasteiger partial charge in [-0.3, -0.25) is 4.79 Å². The molecular formula is C12H24O3. The van der Waals surface area contributed by atoms with E-state index in [0.717, 1.165) is 6.42 Å². The molecule has 1 N–H and O–H groups in total. The summed E-state index contributed by atoms with van der Waals surface area (Å²) in [6.45, 7) is 9.76. The van der Waals surface area contributed by atoms with Crippen LogP contribution in [0.15, 0.2) is 0 Å². The first-order valence-corrected chi connectivity index (χ1v) is 5.57. The molecule has 0 aliphatic carbocycles. The summed E-state index contributed by atoms with van der Waals surface area (Å²) in [5.74, 6) is 0.298. The van der Waals surface area contributed by atoms with Crippen LogP contribution in [0.4, 0.5) is 0 Å². The second kappa shape index (κ2) is 6.11. The van der Waals surface area contributed by atoms with E-state index in [4.69, 9.17) is 9.84 Å². The first-order chi connectivity index (χ1) is 6.74. The predicted molar refractivity (Wildman–Crippen MR) is 60.5 cm³/mol. The highest BCUT2D eigenvalue weighted by molar-refractivity contribution is 5.70. The third-order valence-electron chi connectivity index (χ3n) is 1.94. The van der Waals surface area contributed by atoms with Gasteiger partial charge >= 0.3 is 5.97 Å². The van der Waals surface area contributed by atoms with Gasteiger partial charge < -0.3 is 9.84 Å². The maximum absolute atomic E-state index is 11.5. The van der Waals surface area contributed by atoms with E-state index >= 15 is 0 Å². The number of aliphatic hydroxyl groups is 1. The number of carbonyl (C=O) groups excluding carboxylic acids is 1. The van der Waals surface area contributed by atoms with Crippen molar-refractivity contribution in [3.63, 3.8) is 0 Å². The molecule has 90 valence electrons. The minimum absolute atomic E-state index is 0.0276. The van der Waals surface area contributed by atoms with E-state index in [0.29, 0.717) is 12.3 Å². The third-order valence-corrected chi connectivity index (χ3v) is 1.94. The van der Waals surface area contributed by atoms with E-state index in [1.54, 1.807) is 0 Å². The maximum atomic E-state index is 11.5. The van der Waals surface area contributed by atoms with Crippen LogP contribution in [0, 0.1) is 11.8 Å². The summed E-state index contributed by atoms with van der Waals surface area (Å²) >= 11 is 0. The van der Waals surface area contributed by atoms with Crippen LogP contribution in [0.25, 0.3) is 0 Å². The van der Waals surface area contributed by atoms with Crippen molar-refractivity contribution in [1.29, 1.82) is 0 Å². The molecule has 0 saturated heterocycles. The van der Waals surface area contributed by atoms with E-state index in [1.807, 2.05) is 20.8 Å². The lowest BCUT2D eigenvalue weighted by Gasteiger charge is -2.22. The molecule has 0 bridgehead atoms. The quantitative estimate of drug-likeness (QED) is 0.718. The Bertz CT molecular complexity index is 192. The molecule has 15 heavy (non-hydrogen) atoms. The normalized spacial score (nSPS) is 14.1. The molecule has 3 nitrogen and oxygen atoms in total. The Hall–Kier alpha value is -0.570. The summed E-state index contributed by atoms with van der Waals surface area (Å²) in [5.41, 5.74) is -0.436. The molecule has 0 aromatic heterocycles. The highest BCUT2D eigenvalue weighted by Crippen LogP contribution is 2.17. The van der Waals surface area contributed by atoms with Crippen molar-refractivity contribution in [3.05, 3.63) is 0 Å². The number of rotatable bonds is 5. The number of aliphatic hydroxyl groups excluding tert-OH is 1. The molecule has 0 aromatic rings. The van der Waals surface area contributed by atoms with Crippen LogP contribution >= 0.6 is 0 Å². The summed E-state index contributed by atoms with van der Waals surface area (Å²) in [7, 11) is 0. The van der Waals surface area contributed by atoms with E-state index in [1.165, 1.54) is 0 Å². The summed E-state index contributed by atoms with van der Waals surface area (Å²) in [6.07, 6.45) is 1.17. The second-order valence-electron chi connectivity index (χ2n) is 5.47. The predicted octanol–water partition coefficient (Wildman–Crippen LogP) is 2.37. The Morgan fingerprint density at radius 2 is 1.87 bits per heavy atom. The van der Waals surface area contributed by atoms with Crippen LogP contribution in [0.2, 0.25) is 0 Å². The lowest BCUT2D eigenvalue weighted by Crippen LogP contribution is -2.26. The smallest absolute Gasteiger partial charge is 0.306 e.